The molecule has 11 rings (SSSR count). The number of furan rings is 1. The highest BCUT2D eigenvalue weighted by Gasteiger charge is 2.17. The first kappa shape index (κ1) is 30.7. The van der Waals surface area contributed by atoms with Crippen molar-refractivity contribution in [3.05, 3.63) is 176 Å². The van der Waals surface area contributed by atoms with E-state index in [1.165, 1.54) is 25.6 Å². The number of para-hydroxylation sites is 3. The van der Waals surface area contributed by atoms with Gasteiger partial charge in [0.05, 0.1) is 27.3 Å². The molecule has 0 bridgehead atoms. The fourth-order valence-corrected chi connectivity index (χ4v) is 8.91. The third-order valence-corrected chi connectivity index (χ3v) is 11.5. The van der Waals surface area contributed by atoms with Crippen molar-refractivity contribution in [1.82, 2.24) is 15.0 Å². The summed E-state index contributed by atoms with van der Waals surface area (Å²) in [6.07, 6.45) is 0. The Bertz CT molecular complexity index is 3200. The lowest BCUT2D eigenvalue weighted by atomic mass is 9.99. The summed E-state index contributed by atoms with van der Waals surface area (Å²) >= 11 is 1.81. The highest BCUT2D eigenvalue weighted by molar-refractivity contribution is 7.26. The number of pyridine rings is 1. The maximum absolute atomic E-state index is 6.35. The van der Waals surface area contributed by atoms with Crippen LogP contribution in [-0.4, -0.2) is 15.0 Å². The summed E-state index contributed by atoms with van der Waals surface area (Å²) in [7, 11) is 0. The van der Waals surface area contributed by atoms with Crippen molar-refractivity contribution < 1.29 is 4.42 Å². The van der Waals surface area contributed by atoms with E-state index in [4.69, 9.17) is 19.4 Å². The molecular weight excluding hydrogens is 679 g/mol. The Morgan fingerprint density at radius 2 is 1.04 bits per heavy atom. The number of rotatable bonds is 5. The molecule has 0 radical (unpaired) electrons. The van der Waals surface area contributed by atoms with Crippen LogP contribution in [0, 0.1) is 0 Å². The fraction of sp³-hybridized carbons (Fsp3) is 0. The number of hydrogen-bond acceptors (Lipinski definition) is 5. The molecule has 0 N–H and O–H groups in total. The zero-order valence-corrected chi connectivity index (χ0v) is 29.7. The Morgan fingerprint density at radius 1 is 0.426 bits per heavy atom. The minimum Gasteiger partial charge on any atom is -0.455 e. The van der Waals surface area contributed by atoms with Gasteiger partial charge in [0, 0.05) is 59.4 Å². The van der Waals surface area contributed by atoms with E-state index in [2.05, 4.69) is 146 Å². The molecule has 11 aromatic rings. The van der Waals surface area contributed by atoms with Crippen LogP contribution in [0.1, 0.15) is 0 Å². The number of aromatic nitrogens is 3. The molecule has 0 saturated carbocycles. The van der Waals surface area contributed by atoms with Gasteiger partial charge in [-0.25, -0.2) is 15.0 Å². The summed E-state index contributed by atoms with van der Waals surface area (Å²) in [6, 6.07) is 61.2. The average Bonchev–Trinajstić information content (AvgIpc) is 3.83. The second-order valence-electron chi connectivity index (χ2n) is 13.5. The number of fused-ring (bicyclic) bond motifs is 8. The molecule has 4 aromatic heterocycles. The van der Waals surface area contributed by atoms with Crippen molar-refractivity contribution in [1.29, 1.82) is 0 Å². The lowest BCUT2D eigenvalue weighted by molar-refractivity contribution is 0.670. The monoisotopic (exact) mass is 707 g/mol. The molecule has 5 heteroatoms. The van der Waals surface area contributed by atoms with Crippen molar-refractivity contribution in [3.63, 3.8) is 0 Å². The molecule has 4 nitrogen and oxygen atoms in total. The summed E-state index contributed by atoms with van der Waals surface area (Å²) in [5.41, 5.74) is 11.7. The Hall–Kier alpha value is -6.95. The predicted octanol–water partition coefficient (Wildman–Crippen LogP) is 13.6. The van der Waals surface area contributed by atoms with Gasteiger partial charge >= 0.3 is 0 Å². The molecule has 0 unspecified atom stereocenters. The van der Waals surface area contributed by atoms with E-state index in [9.17, 15) is 0 Å². The van der Waals surface area contributed by atoms with Gasteiger partial charge in [0.1, 0.15) is 11.2 Å². The summed E-state index contributed by atoms with van der Waals surface area (Å²) in [5.74, 6) is 0.674. The minimum atomic E-state index is 0.674. The molecule has 7 aromatic carbocycles. The quantitative estimate of drug-likeness (QED) is 0.179. The van der Waals surface area contributed by atoms with Gasteiger partial charge in [-0.05, 0) is 29.8 Å². The Labute approximate surface area is 314 Å². The molecule has 54 heavy (non-hydrogen) atoms. The first-order valence-electron chi connectivity index (χ1n) is 18.0. The number of benzene rings is 7. The molecular formula is C49H29N3OS. The van der Waals surface area contributed by atoms with Crippen molar-refractivity contribution in [2.45, 2.75) is 0 Å². The summed E-state index contributed by atoms with van der Waals surface area (Å²) < 4.78 is 8.82. The molecule has 0 fully saturated rings. The molecule has 0 amide bonds. The first-order valence-corrected chi connectivity index (χ1v) is 18.8. The molecule has 0 aliphatic carbocycles. The van der Waals surface area contributed by atoms with Crippen LogP contribution in [0.15, 0.2) is 180 Å². The second kappa shape index (κ2) is 12.3. The van der Waals surface area contributed by atoms with Gasteiger partial charge in [-0.2, -0.15) is 0 Å². The van der Waals surface area contributed by atoms with Crippen LogP contribution < -0.4 is 0 Å². The molecule has 0 aliphatic heterocycles. The van der Waals surface area contributed by atoms with E-state index in [1.807, 2.05) is 30.3 Å². The van der Waals surface area contributed by atoms with Crippen molar-refractivity contribution >= 4 is 64.4 Å². The molecule has 0 aliphatic rings. The van der Waals surface area contributed by atoms with Crippen LogP contribution in [0.2, 0.25) is 0 Å². The zero-order valence-electron chi connectivity index (χ0n) is 28.9. The fourth-order valence-electron chi connectivity index (χ4n) is 7.68. The largest absolute Gasteiger partial charge is 0.455 e. The lowest BCUT2D eigenvalue weighted by Gasteiger charge is -2.11. The van der Waals surface area contributed by atoms with E-state index in [1.54, 1.807) is 11.3 Å². The third kappa shape index (κ3) is 5.01. The smallest absolute Gasteiger partial charge is 0.160 e. The maximum atomic E-state index is 6.35. The number of nitrogens with zero attached hydrogens (tertiary/aromatic N) is 3. The SMILES string of the molecule is c1ccc(-c2cc(-c3ccc(-c4cccc5c4oc4ccccc45)cc3)nc(-c3ccc(-c4nc5ccccc5c5c4sc4ccccc45)cc3)n2)cc1. The van der Waals surface area contributed by atoms with Crippen LogP contribution >= 0.6 is 11.3 Å². The highest BCUT2D eigenvalue weighted by Crippen LogP contribution is 2.43. The summed E-state index contributed by atoms with van der Waals surface area (Å²) in [4.78, 5) is 15.5. The van der Waals surface area contributed by atoms with Gasteiger partial charge in [0.15, 0.2) is 5.82 Å². The van der Waals surface area contributed by atoms with Gasteiger partial charge in [0.2, 0.25) is 0 Å². The van der Waals surface area contributed by atoms with E-state index >= 15 is 0 Å². The minimum absolute atomic E-state index is 0.674. The van der Waals surface area contributed by atoms with Gasteiger partial charge in [0.25, 0.3) is 0 Å². The van der Waals surface area contributed by atoms with E-state index in [0.717, 1.165) is 77.9 Å². The van der Waals surface area contributed by atoms with Crippen molar-refractivity contribution in [2.24, 2.45) is 0 Å². The first-order chi connectivity index (χ1) is 26.7. The molecule has 0 saturated heterocycles. The van der Waals surface area contributed by atoms with E-state index in [-0.39, 0.29) is 0 Å². The molecule has 4 heterocycles. The standard InChI is InChI=1S/C49H29N3OS/c1-2-11-31(12-3-1)41-29-42(32-23-21-30(22-24-32)35-16-10-17-37-36-13-5-8-19-43(36)53-47(35)37)52-49(51-41)34-27-25-33(26-28-34)46-48-45(38-14-4-7-18-40(38)50-46)39-15-6-9-20-44(39)54-48/h1-29H. The molecule has 0 spiro atoms. The topological polar surface area (TPSA) is 51.8 Å². The van der Waals surface area contributed by atoms with E-state index in [0.29, 0.717) is 5.82 Å². The molecule has 0 atom stereocenters. The maximum Gasteiger partial charge on any atom is 0.160 e. The number of hydrogen-bond donors (Lipinski definition) is 0. The van der Waals surface area contributed by atoms with Crippen LogP contribution in [0.25, 0.3) is 109 Å². The van der Waals surface area contributed by atoms with Crippen LogP contribution in [0.3, 0.4) is 0 Å². The average molecular weight is 708 g/mol. The Kier molecular flexibility index (Phi) is 7.00. The predicted molar refractivity (Wildman–Crippen MR) is 225 cm³/mol. The number of thiophene rings is 1. The third-order valence-electron chi connectivity index (χ3n) is 10.3. The van der Waals surface area contributed by atoms with Gasteiger partial charge in [-0.1, -0.05) is 152 Å². The van der Waals surface area contributed by atoms with Gasteiger partial charge in [-0.3, -0.25) is 0 Å². The van der Waals surface area contributed by atoms with Crippen molar-refractivity contribution in [2.75, 3.05) is 0 Å². The highest BCUT2D eigenvalue weighted by atomic mass is 32.1. The van der Waals surface area contributed by atoms with E-state index < -0.39 is 0 Å². The Balaban J connectivity index is 1.00. The van der Waals surface area contributed by atoms with Crippen LogP contribution in [0.5, 0.6) is 0 Å². The summed E-state index contributed by atoms with van der Waals surface area (Å²) in [6.45, 7) is 0. The lowest BCUT2D eigenvalue weighted by Crippen LogP contribution is -1.96. The second-order valence-corrected chi connectivity index (χ2v) is 14.6. The van der Waals surface area contributed by atoms with Crippen molar-refractivity contribution in [3.8, 4) is 56.3 Å². The normalized spacial score (nSPS) is 11.7. The van der Waals surface area contributed by atoms with Crippen LogP contribution in [-0.2, 0) is 0 Å². The zero-order chi connectivity index (χ0) is 35.6. The van der Waals surface area contributed by atoms with Gasteiger partial charge < -0.3 is 4.42 Å². The Morgan fingerprint density at radius 3 is 1.85 bits per heavy atom. The van der Waals surface area contributed by atoms with Crippen LogP contribution in [0.4, 0.5) is 0 Å². The summed E-state index contributed by atoms with van der Waals surface area (Å²) in [5, 5.41) is 5.97. The molecule has 252 valence electrons. The van der Waals surface area contributed by atoms with Gasteiger partial charge in [-0.15, -0.1) is 11.3 Å².